The van der Waals surface area contributed by atoms with Gasteiger partial charge in [0.15, 0.2) is 9.84 Å². The fourth-order valence-electron chi connectivity index (χ4n) is 9.93. The van der Waals surface area contributed by atoms with Crippen molar-refractivity contribution in [2.75, 3.05) is 27.5 Å². The average Bonchev–Trinajstić information content (AvgIpc) is 1.66. The van der Waals surface area contributed by atoms with Gasteiger partial charge < -0.3 is 41.7 Å². The maximum atomic E-state index is 12.7. The molecule has 8 aromatic heterocycles. The second-order valence-corrected chi connectivity index (χ2v) is 33.0. The third-order valence-corrected chi connectivity index (χ3v) is 25.0. The molecule has 0 saturated carbocycles. The van der Waals surface area contributed by atoms with E-state index in [0.29, 0.717) is 58.1 Å². The predicted octanol–water partition coefficient (Wildman–Crippen LogP) is 21.4. The summed E-state index contributed by atoms with van der Waals surface area (Å²) in [4.78, 5) is 98.9. The van der Waals surface area contributed by atoms with Gasteiger partial charge in [0.1, 0.15) is 47.1 Å². The number of nitrogens with one attached hydrogen (secondary N) is 4. The topological polar surface area (TPSA) is 300 Å². The molecule has 0 aliphatic rings. The minimum atomic E-state index is -3.57. The van der Waals surface area contributed by atoms with Crippen LogP contribution in [0.4, 0.5) is 20.0 Å². The Morgan fingerprint density at radius 3 is 1.16 bits per heavy atom. The normalized spacial score (nSPS) is 10.8. The summed E-state index contributed by atoms with van der Waals surface area (Å²) in [6.07, 6.45) is 0.998. The third-order valence-electron chi connectivity index (χ3n) is 15.2. The first kappa shape index (κ1) is 76.8. The van der Waals surface area contributed by atoms with Crippen LogP contribution in [0.5, 0.6) is 0 Å². The van der Waals surface area contributed by atoms with E-state index < -0.39 is 39.6 Å². The van der Waals surface area contributed by atoms with Crippen molar-refractivity contribution in [3.8, 4) is 54.9 Å². The van der Waals surface area contributed by atoms with Crippen LogP contribution < -0.4 is 21.3 Å². The van der Waals surface area contributed by atoms with Crippen molar-refractivity contribution in [3.63, 3.8) is 0 Å². The maximum absolute atomic E-state index is 12.7. The van der Waals surface area contributed by atoms with Crippen LogP contribution in [-0.4, -0.2) is 82.6 Å². The fourth-order valence-corrected chi connectivity index (χ4v) is 19.2. The van der Waals surface area contributed by atoms with Gasteiger partial charge in [0.25, 0.3) is 23.6 Å². The Morgan fingerprint density at radius 1 is 0.404 bits per heavy atom. The van der Waals surface area contributed by atoms with Crippen LogP contribution in [-0.2, 0) is 9.84 Å². The maximum Gasteiger partial charge on any atom is 0.339 e. The number of carboxylic acids is 4. The Labute approximate surface area is 640 Å². The van der Waals surface area contributed by atoms with Gasteiger partial charge in [-0.3, -0.25) is 19.2 Å². The lowest BCUT2D eigenvalue weighted by molar-refractivity contribution is 0.0688. The lowest BCUT2D eigenvalue weighted by Crippen LogP contribution is -2.13. The molecule has 528 valence electrons. The van der Waals surface area contributed by atoms with Gasteiger partial charge in [0.05, 0.1) is 25.2 Å². The number of carbonyl (C=O) groups excluding carboxylic acids is 4. The Bertz CT molecular complexity index is 5460. The molecule has 0 aliphatic carbocycles. The van der Waals surface area contributed by atoms with Crippen molar-refractivity contribution >= 4 is 196 Å². The number of halogens is 2. The summed E-state index contributed by atoms with van der Waals surface area (Å²) in [6, 6.07) is 47.1. The molecule has 5 aromatic carbocycles. The Morgan fingerprint density at radius 2 is 0.798 bits per heavy atom. The Balaban J connectivity index is 0.000000149. The number of aromatic carboxylic acids is 4. The molecule has 29 heteroatoms. The van der Waals surface area contributed by atoms with Gasteiger partial charge in [0.2, 0.25) is 0 Å². The van der Waals surface area contributed by atoms with Crippen molar-refractivity contribution in [1.29, 1.82) is 0 Å². The quantitative estimate of drug-likeness (QED) is 0.0396. The summed E-state index contributed by atoms with van der Waals surface area (Å²) < 4.78 is 24.3. The van der Waals surface area contributed by atoms with Gasteiger partial charge in [-0.2, -0.15) is 11.3 Å². The molecule has 13 rings (SSSR count). The molecule has 104 heavy (non-hydrogen) atoms. The van der Waals surface area contributed by atoms with Gasteiger partial charge >= 0.3 is 23.9 Å². The number of hydrogen-bond acceptors (Lipinski definition) is 18. The van der Waals surface area contributed by atoms with E-state index in [9.17, 15) is 67.2 Å². The van der Waals surface area contributed by atoms with E-state index in [0.717, 1.165) is 82.8 Å². The molecular weight excluding hydrogens is 1580 g/mol. The number of aryl methyl sites for hydroxylation is 4. The van der Waals surface area contributed by atoms with Crippen LogP contribution >= 0.6 is 118 Å². The van der Waals surface area contributed by atoms with Crippen LogP contribution in [0.25, 0.3) is 54.9 Å². The summed E-state index contributed by atoms with van der Waals surface area (Å²) >= 11 is 19.2. The second-order valence-electron chi connectivity index (χ2n) is 22.5. The molecule has 0 fully saturated rings. The molecule has 18 nitrogen and oxygen atoms in total. The number of carboxylic acid groups (broad SMARTS) is 4. The van der Waals surface area contributed by atoms with Gasteiger partial charge in [-0.25, -0.2) is 27.6 Å². The highest BCUT2D eigenvalue weighted by Crippen LogP contribution is 2.42. The molecule has 0 aliphatic heterocycles. The van der Waals surface area contributed by atoms with Gasteiger partial charge in [-0.1, -0.05) is 159 Å². The zero-order chi connectivity index (χ0) is 74.7. The number of sulfone groups is 1. The van der Waals surface area contributed by atoms with E-state index in [1.54, 1.807) is 44.4 Å². The van der Waals surface area contributed by atoms with E-state index in [-0.39, 0.29) is 59.8 Å². The first-order valence-electron chi connectivity index (χ1n) is 30.5. The van der Waals surface area contributed by atoms with Gasteiger partial charge in [-0.05, 0) is 108 Å². The monoisotopic (exact) mass is 1640 g/mol. The van der Waals surface area contributed by atoms with Crippen LogP contribution in [0.1, 0.15) is 103 Å². The zero-order valence-electron chi connectivity index (χ0n) is 54.9. The molecule has 0 spiro atoms. The summed E-state index contributed by atoms with van der Waals surface area (Å²) in [5, 5.41) is 63.9. The molecule has 0 atom stereocenters. The van der Waals surface area contributed by atoms with E-state index >= 15 is 0 Å². The summed E-state index contributed by atoms with van der Waals surface area (Å²) in [5.74, 6) is -5.91. The van der Waals surface area contributed by atoms with Crippen molar-refractivity contribution in [3.05, 3.63) is 269 Å². The average molecular weight is 1640 g/mol. The summed E-state index contributed by atoms with van der Waals surface area (Å²) in [6.45, 7) is 7.73. The molecule has 8 heterocycles. The Kier molecular flexibility index (Phi) is 25.2. The van der Waals surface area contributed by atoms with Crippen molar-refractivity contribution in [2.45, 2.75) is 32.6 Å². The number of amides is 4. The molecule has 0 saturated heterocycles. The SMILES string of the molecule is Cc1ccc(-c2csc(NC(=O)c3ccc(-c4ccccc4)s3)c2C(=O)O)cc1.Cc1ccc(-c2csc(NC(=O)c3ccsc3)c2C(=O)O)cc1.Cc1ccc(-c2csc(NC(=O)c3scc(S(C)(=O)=O)c3Cl)c2C(=O)O)cc1.Cc1ccsc1C(=O)Nc1scc(-c2ccc(Br)cc2)c1C(=O)O. The molecule has 8 N–H and O–H groups in total. The first-order valence-corrected chi connectivity index (χ1v) is 40.6. The van der Waals surface area contributed by atoms with Gasteiger partial charge in [-0.15, -0.1) is 79.4 Å². The molecule has 4 amide bonds. The standard InChI is InChI=1S/C23H17NO3S2.C18H14ClNO5S3.C17H12BrNO3S2.C17H13NO3S2/c1-14-7-9-15(10-8-14)17-13-28-22(20(17)23(26)27)24-21(25)19-12-11-18(29-19)16-5-3-2-4-6-16;1-9-3-5-10(6-4-9)11-7-27-17(13(11)18(22)23)20-16(21)15-14(19)12(8-26-15)28(2,24)25;1-9-6-7-23-14(9)15(20)19-16-13(17(21)22)12(8-24-16)10-2-4-11(18)5-3-10;1-10-2-4-11(5-3-10)13-9-23-16(14(13)17(20)21)18-15(19)12-6-7-22-8-12/h2-13H,1H3,(H,24,25)(H,26,27);3-8H,1-2H3,(H,20,21)(H,22,23);2-8H,1H3,(H,19,20)(H,21,22);2-9H,1H3,(H,18,19)(H,20,21). The number of thiophene rings is 8. The highest BCUT2D eigenvalue weighted by molar-refractivity contribution is 9.10. The van der Waals surface area contributed by atoms with Crippen LogP contribution in [0, 0.1) is 27.7 Å². The molecule has 0 radical (unpaired) electrons. The smallest absolute Gasteiger partial charge is 0.339 e. The second kappa shape index (κ2) is 34.2. The molecule has 0 bridgehead atoms. The number of carbonyl (C=O) groups is 8. The largest absolute Gasteiger partial charge is 0.478 e. The molecule has 13 aromatic rings. The highest BCUT2D eigenvalue weighted by atomic mass is 79.9. The number of rotatable bonds is 18. The summed E-state index contributed by atoms with van der Waals surface area (Å²) in [5.41, 5.74) is 11.5. The van der Waals surface area contributed by atoms with Crippen LogP contribution in [0.15, 0.2) is 204 Å². The van der Waals surface area contributed by atoms with Crippen LogP contribution in [0.3, 0.4) is 0 Å². The Hall–Kier alpha value is -9.82. The van der Waals surface area contributed by atoms with Crippen molar-refractivity contribution in [2.24, 2.45) is 0 Å². The first-order chi connectivity index (χ1) is 49.6. The third kappa shape index (κ3) is 18.6. The van der Waals surface area contributed by atoms with Gasteiger partial charge in [0, 0.05) is 70.1 Å². The van der Waals surface area contributed by atoms with E-state index in [1.165, 1.54) is 73.4 Å². The number of benzene rings is 5. The lowest BCUT2D eigenvalue weighted by Gasteiger charge is -2.06. The van der Waals surface area contributed by atoms with E-state index in [4.69, 9.17) is 11.6 Å². The zero-order valence-corrected chi connectivity index (χ0v) is 64.5. The predicted molar refractivity (Wildman–Crippen MR) is 426 cm³/mol. The van der Waals surface area contributed by atoms with Crippen molar-refractivity contribution in [1.82, 2.24) is 0 Å². The molecule has 0 unspecified atom stereocenters. The number of anilines is 4. The van der Waals surface area contributed by atoms with E-state index in [2.05, 4.69) is 37.2 Å². The van der Waals surface area contributed by atoms with Crippen LogP contribution in [0.2, 0.25) is 5.02 Å². The number of hydrogen-bond donors (Lipinski definition) is 8. The minimum Gasteiger partial charge on any atom is -0.478 e. The van der Waals surface area contributed by atoms with E-state index in [1.807, 2.05) is 173 Å². The van der Waals surface area contributed by atoms with Crippen molar-refractivity contribution < 1.29 is 67.2 Å². The lowest BCUT2D eigenvalue weighted by atomic mass is 10.0. The highest BCUT2D eigenvalue weighted by Gasteiger charge is 2.28. The summed E-state index contributed by atoms with van der Waals surface area (Å²) in [7, 11) is -3.57. The minimum absolute atomic E-state index is 0.00344. The molecular formula is C75H56BrClN4O14S9. The fraction of sp³-hybridized carbons (Fsp3) is 0.0667.